The summed E-state index contributed by atoms with van der Waals surface area (Å²) < 4.78 is 43.4. The Morgan fingerprint density at radius 1 is 1.19 bits per heavy atom. The first-order valence-electron chi connectivity index (χ1n) is 7.71. The zero-order chi connectivity index (χ0) is 19.1. The molecule has 2 aromatic rings. The van der Waals surface area contributed by atoms with Crippen molar-refractivity contribution >= 4 is 23.2 Å². The number of likely N-dealkylation sites (N-methyl/N-ethyl adjacent to an activating group) is 1. The van der Waals surface area contributed by atoms with E-state index in [4.69, 9.17) is 18.0 Å². The lowest BCUT2D eigenvalue weighted by Crippen LogP contribution is -2.39. The molecule has 0 amide bonds. The first kappa shape index (κ1) is 18.2. The van der Waals surface area contributed by atoms with E-state index in [0.717, 1.165) is 0 Å². The van der Waals surface area contributed by atoms with Crippen molar-refractivity contribution in [3.63, 3.8) is 0 Å². The lowest BCUT2D eigenvalue weighted by molar-refractivity contribution is -0.0503. The molecule has 0 aromatic heterocycles. The molecule has 1 heterocycles. The van der Waals surface area contributed by atoms with Gasteiger partial charge in [0.05, 0.1) is 0 Å². The van der Waals surface area contributed by atoms with Crippen molar-refractivity contribution in [3.05, 3.63) is 65.0 Å². The van der Waals surface area contributed by atoms with Gasteiger partial charge in [-0.05, 0) is 47.9 Å². The van der Waals surface area contributed by atoms with Gasteiger partial charge < -0.3 is 15.4 Å². The van der Waals surface area contributed by atoms with E-state index in [9.17, 15) is 13.2 Å². The zero-order valence-electron chi connectivity index (χ0n) is 14.0. The maximum atomic E-state index is 13.9. The number of halogens is 3. The molecule has 0 spiro atoms. The number of benzene rings is 2. The molecule has 1 aliphatic heterocycles. The SMILES string of the molecule is Cc1cc(C2(c3cccc(F)c3)N=C(N)N(C)C2=S)ccc1OC(F)F. The second-order valence-electron chi connectivity index (χ2n) is 5.91. The van der Waals surface area contributed by atoms with E-state index in [-0.39, 0.29) is 11.7 Å². The van der Waals surface area contributed by atoms with Gasteiger partial charge in [0.15, 0.2) is 11.5 Å². The van der Waals surface area contributed by atoms with E-state index in [2.05, 4.69) is 9.73 Å². The highest BCUT2D eigenvalue weighted by Gasteiger charge is 2.46. The van der Waals surface area contributed by atoms with E-state index in [0.29, 0.717) is 21.7 Å². The number of hydrogen-bond donors (Lipinski definition) is 1. The van der Waals surface area contributed by atoms with Crippen LogP contribution in [0.15, 0.2) is 47.5 Å². The number of ether oxygens (including phenoxy) is 1. The zero-order valence-corrected chi connectivity index (χ0v) is 14.9. The first-order valence-corrected chi connectivity index (χ1v) is 8.12. The minimum atomic E-state index is -2.93. The number of nitrogens with zero attached hydrogens (tertiary/aromatic N) is 2. The van der Waals surface area contributed by atoms with Gasteiger partial charge in [-0.25, -0.2) is 9.38 Å². The molecule has 4 nitrogen and oxygen atoms in total. The lowest BCUT2D eigenvalue weighted by atomic mass is 9.82. The summed E-state index contributed by atoms with van der Waals surface area (Å²) in [6.07, 6.45) is 0. The number of hydrogen-bond acceptors (Lipinski definition) is 4. The predicted octanol–water partition coefficient (Wildman–Crippen LogP) is 3.57. The van der Waals surface area contributed by atoms with Crippen LogP contribution in [0.1, 0.15) is 16.7 Å². The summed E-state index contributed by atoms with van der Waals surface area (Å²) in [5, 5.41) is 0. The molecule has 0 saturated carbocycles. The standard InChI is InChI=1S/C18H16F3N3OS/c1-10-8-12(6-7-14(10)25-16(20)21)18(11-4-3-5-13(19)9-11)15(26)24(2)17(22)23-18/h3-9,16H,1-2H3,(H2,22,23). The van der Waals surface area contributed by atoms with E-state index >= 15 is 0 Å². The molecule has 0 radical (unpaired) electrons. The number of nitrogens with two attached hydrogens (primary N) is 1. The molecular formula is C18H16F3N3OS. The van der Waals surface area contributed by atoms with Crippen LogP contribution in [0.5, 0.6) is 5.75 Å². The van der Waals surface area contributed by atoms with E-state index in [1.54, 1.807) is 43.1 Å². The molecule has 0 bridgehead atoms. The van der Waals surface area contributed by atoms with Crippen molar-refractivity contribution in [2.24, 2.45) is 10.7 Å². The Bertz CT molecular complexity index is 903. The molecule has 1 unspecified atom stereocenters. The van der Waals surface area contributed by atoms with Crippen LogP contribution in [-0.2, 0) is 5.54 Å². The molecular weight excluding hydrogens is 363 g/mol. The molecule has 8 heteroatoms. The van der Waals surface area contributed by atoms with Gasteiger partial charge in [-0.2, -0.15) is 8.78 Å². The first-order chi connectivity index (χ1) is 12.3. The van der Waals surface area contributed by atoms with Crippen LogP contribution in [0.25, 0.3) is 0 Å². The van der Waals surface area contributed by atoms with Crippen molar-refractivity contribution in [1.29, 1.82) is 0 Å². The third kappa shape index (κ3) is 2.90. The number of alkyl halides is 2. The summed E-state index contributed by atoms with van der Waals surface area (Å²) in [6.45, 7) is -1.29. The van der Waals surface area contributed by atoms with Crippen LogP contribution >= 0.6 is 12.2 Å². The Kier molecular flexibility index (Phi) is 4.62. The Morgan fingerprint density at radius 2 is 1.88 bits per heavy atom. The molecule has 2 N–H and O–H groups in total. The quantitative estimate of drug-likeness (QED) is 0.826. The van der Waals surface area contributed by atoms with Gasteiger partial charge >= 0.3 is 6.61 Å². The molecule has 136 valence electrons. The van der Waals surface area contributed by atoms with Crippen LogP contribution in [-0.4, -0.2) is 29.5 Å². The average Bonchev–Trinajstić information content (AvgIpc) is 2.81. The highest BCUT2D eigenvalue weighted by atomic mass is 32.1. The minimum absolute atomic E-state index is 0.0485. The highest BCUT2D eigenvalue weighted by molar-refractivity contribution is 7.80. The van der Waals surface area contributed by atoms with Crippen LogP contribution in [0.2, 0.25) is 0 Å². The smallest absolute Gasteiger partial charge is 0.387 e. The molecule has 1 atom stereocenters. The molecule has 2 aromatic carbocycles. The summed E-state index contributed by atoms with van der Waals surface area (Å²) in [4.78, 5) is 6.42. The number of aliphatic imine (C=N–C) groups is 1. The summed E-state index contributed by atoms with van der Waals surface area (Å²) in [7, 11) is 1.67. The number of aryl methyl sites for hydroxylation is 1. The lowest BCUT2D eigenvalue weighted by Gasteiger charge is -2.29. The Balaban J connectivity index is 2.21. The molecule has 26 heavy (non-hydrogen) atoms. The maximum absolute atomic E-state index is 13.9. The average molecular weight is 379 g/mol. The van der Waals surface area contributed by atoms with Crippen molar-refractivity contribution < 1.29 is 17.9 Å². The summed E-state index contributed by atoms with van der Waals surface area (Å²) in [5.74, 6) is -0.209. The largest absolute Gasteiger partial charge is 0.435 e. The van der Waals surface area contributed by atoms with Crippen LogP contribution in [0.3, 0.4) is 0 Å². The topological polar surface area (TPSA) is 50.8 Å². The van der Waals surface area contributed by atoms with Crippen molar-refractivity contribution in [1.82, 2.24) is 4.90 Å². The molecule has 0 aliphatic carbocycles. The van der Waals surface area contributed by atoms with Crippen molar-refractivity contribution in [2.45, 2.75) is 19.1 Å². The van der Waals surface area contributed by atoms with Crippen LogP contribution < -0.4 is 10.5 Å². The Hall–Kier alpha value is -2.61. The van der Waals surface area contributed by atoms with Gasteiger partial charge in [-0.15, -0.1) is 0 Å². The summed E-state index contributed by atoms with van der Waals surface area (Å²) >= 11 is 5.56. The van der Waals surface area contributed by atoms with Gasteiger partial charge in [0.2, 0.25) is 0 Å². The fraction of sp³-hybridized carbons (Fsp3) is 0.222. The summed E-state index contributed by atoms with van der Waals surface area (Å²) in [6, 6.07) is 10.6. The predicted molar refractivity (Wildman–Crippen MR) is 97.0 cm³/mol. The normalized spacial score (nSPS) is 19.8. The van der Waals surface area contributed by atoms with E-state index in [1.807, 2.05) is 0 Å². The third-order valence-electron chi connectivity index (χ3n) is 4.29. The summed E-state index contributed by atoms with van der Waals surface area (Å²) in [5.41, 5.74) is 6.30. The number of thiocarbonyl (C=S) groups is 1. The van der Waals surface area contributed by atoms with Crippen molar-refractivity contribution in [3.8, 4) is 5.75 Å². The fourth-order valence-electron chi connectivity index (χ4n) is 3.00. The van der Waals surface area contributed by atoms with Crippen molar-refractivity contribution in [2.75, 3.05) is 7.05 Å². The minimum Gasteiger partial charge on any atom is -0.435 e. The molecule has 0 fully saturated rings. The Labute approximate surface area is 154 Å². The molecule has 1 aliphatic rings. The van der Waals surface area contributed by atoms with Gasteiger partial charge in [-0.1, -0.05) is 30.4 Å². The second-order valence-corrected chi connectivity index (χ2v) is 6.30. The molecule has 0 saturated heterocycles. The third-order valence-corrected chi connectivity index (χ3v) is 4.86. The maximum Gasteiger partial charge on any atom is 0.387 e. The Morgan fingerprint density at radius 3 is 2.42 bits per heavy atom. The van der Waals surface area contributed by atoms with Gasteiger partial charge in [0.1, 0.15) is 16.6 Å². The van der Waals surface area contributed by atoms with Gasteiger partial charge in [0, 0.05) is 7.05 Å². The van der Waals surface area contributed by atoms with Crippen LogP contribution in [0, 0.1) is 12.7 Å². The number of rotatable bonds is 4. The monoisotopic (exact) mass is 379 g/mol. The van der Waals surface area contributed by atoms with E-state index in [1.165, 1.54) is 18.2 Å². The van der Waals surface area contributed by atoms with E-state index < -0.39 is 18.0 Å². The van der Waals surface area contributed by atoms with Gasteiger partial charge in [-0.3, -0.25) is 0 Å². The van der Waals surface area contributed by atoms with Gasteiger partial charge in [0.25, 0.3) is 0 Å². The van der Waals surface area contributed by atoms with Crippen LogP contribution in [0.4, 0.5) is 13.2 Å². The molecule has 3 rings (SSSR count). The second kappa shape index (κ2) is 6.60. The fourth-order valence-corrected chi connectivity index (χ4v) is 3.38. The highest BCUT2D eigenvalue weighted by Crippen LogP contribution is 2.41. The number of guanidine groups is 1.